The van der Waals surface area contributed by atoms with Gasteiger partial charge in [0.1, 0.15) is 11.7 Å². The summed E-state index contributed by atoms with van der Waals surface area (Å²) in [5.74, 6) is 4.05. The SMILES string of the molecule is COc1ccc2c3c1OC1C4(OC)CCC5(CC4CCOCc4ccc6c(c4)CCC=C6)C(C2)C(C)(CC2CC2)CCC315. The fraction of sp³-hybridized carbons (Fsp3) is 0.641. The molecule has 4 nitrogen and oxygen atoms in total. The molecule has 0 aromatic heterocycles. The van der Waals surface area contributed by atoms with Gasteiger partial charge in [-0.25, -0.2) is 0 Å². The van der Waals surface area contributed by atoms with Crippen molar-refractivity contribution in [2.75, 3.05) is 20.8 Å². The molecule has 7 atom stereocenters. The van der Waals surface area contributed by atoms with Crippen LogP contribution in [0.4, 0.5) is 0 Å². The topological polar surface area (TPSA) is 36.9 Å². The van der Waals surface area contributed by atoms with Crippen LogP contribution in [0.2, 0.25) is 0 Å². The second-order valence-electron chi connectivity index (χ2n) is 15.7. The molecule has 5 fully saturated rings. The fourth-order valence-corrected chi connectivity index (χ4v) is 12.1. The van der Waals surface area contributed by atoms with E-state index in [9.17, 15) is 0 Å². The lowest BCUT2D eigenvalue weighted by atomic mass is 9.29. The maximum atomic E-state index is 7.25. The van der Waals surface area contributed by atoms with Crippen molar-refractivity contribution >= 4 is 6.08 Å². The van der Waals surface area contributed by atoms with Crippen molar-refractivity contribution in [2.24, 2.45) is 28.6 Å². The molecule has 1 aliphatic heterocycles. The number of methoxy groups -OCH3 is 2. The first-order valence-electron chi connectivity index (χ1n) is 17.2. The summed E-state index contributed by atoms with van der Waals surface area (Å²) in [7, 11) is 3.77. The fourth-order valence-electron chi connectivity index (χ4n) is 12.1. The Morgan fingerprint density at radius 3 is 2.74 bits per heavy atom. The average Bonchev–Trinajstić information content (AvgIpc) is 3.77. The van der Waals surface area contributed by atoms with Crippen LogP contribution in [0.1, 0.15) is 98.9 Å². The van der Waals surface area contributed by atoms with Crippen LogP contribution in [0.15, 0.2) is 36.4 Å². The summed E-state index contributed by atoms with van der Waals surface area (Å²) in [6.07, 6.45) is 19.6. The Kier molecular flexibility index (Phi) is 5.89. The highest BCUT2D eigenvalue weighted by molar-refractivity contribution is 5.63. The minimum absolute atomic E-state index is 0.0430. The molecule has 0 N–H and O–H groups in total. The minimum Gasteiger partial charge on any atom is -0.493 e. The van der Waals surface area contributed by atoms with Gasteiger partial charge < -0.3 is 18.9 Å². The Balaban J connectivity index is 1.05. The molecule has 1 heterocycles. The number of hydrogen-bond acceptors (Lipinski definition) is 4. The van der Waals surface area contributed by atoms with Gasteiger partial charge in [-0.3, -0.25) is 0 Å². The number of aryl methyl sites for hydroxylation is 1. The van der Waals surface area contributed by atoms with E-state index in [1.54, 1.807) is 7.11 Å². The molecule has 8 aliphatic rings. The molecule has 10 rings (SSSR count). The second kappa shape index (κ2) is 9.36. The lowest BCUT2D eigenvalue weighted by Crippen LogP contribution is -2.78. The van der Waals surface area contributed by atoms with Crippen molar-refractivity contribution in [2.45, 2.75) is 108 Å². The monoisotopic (exact) mass is 580 g/mol. The summed E-state index contributed by atoms with van der Waals surface area (Å²) in [5, 5.41) is 0. The number of hydrogen-bond donors (Lipinski definition) is 0. The largest absolute Gasteiger partial charge is 0.493 e. The maximum absolute atomic E-state index is 7.25. The third-order valence-corrected chi connectivity index (χ3v) is 14.0. The van der Waals surface area contributed by atoms with E-state index in [1.807, 2.05) is 7.11 Å². The smallest absolute Gasteiger partial charge is 0.165 e. The van der Waals surface area contributed by atoms with E-state index < -0.39 is 0 Å². The Labute approximate surface area is 257 Å². The van der Waals surface area contributed by atoms with E-state index in [2.05, 4.69) is 49.4 Å². The van der Waals surface area contributed by atoms with Gasteiger partial charge in [-0.1, -0.05) is 56.2 Å². The second-order valence-corrected chi connectivity index (χ2v) is 15.7. The molecule has 0 saturated heterocycles. The number of fused-ring (bicyclic) bond motifs is 3. The van der Waals surface area contributed by atoms with Crippen LogP contribution in [-0.4, -0.2) is 32.5 Å². The number of rotatable bonds is 9. The highest BCUT2D eigenvalue weighted by Gasteiger charge is 2.81. The van der Waals surface area contributed by atoms with E-state index in [0.29, 0.717) is 23.9 Å². The van der Waals surface area contributed by atoms with Crippen LogP contribution in [0, 0.1) is 28.6 Å². The molecule has 2 aromatic carbocycles. The molecule has 7 aliphatic carbocycles. The molecule has 2 spiro atoms. The van der Waals surface area contributed by atoms with Crippen molar-refractivity contribution in [1.82, 2.24) is 0 Å². The first-order chi connectivity index (χ1) is 21.0. The van der Waals surface area contributed by atoms with Gasteiger partial charge in [-0.2, -0.15) is 0 Å². The molecule has 43 heavy (non-hydrogen) atoms. The van der Waals surface area contributed by atoms with Gasteiger partial charge in [-0.15, -0.1) is 0 Å². The average molecular weight is 581 g/mol. The third kappa shape index (κ3) is 3.51. The molecule has 0 radical (unpaired) electrons. The lowest BCUT2D eigenvalue weighted by Gasteiger charge is -2.75. The summed E-state index contributed by atoms with van der Waals surface area (Å²) in [4.78, 5) is 0. The van der Waals surface area contributed by atoms with Gasteiger partial charge in [0.05, 0.1) is 13.7 Å². The van der Waals surface area contributed by atoms with Gasteiger partial charge in [-0.05, 0) is 121 Å². The quantitative estimate of drug-likeness (QED) is 0.280. The minimum atomic E-state index is -0.281. The zero-order valence-corrected chi connectivity index (χ0v) is 26.4. The van der Waals surface area contributed by atoms with Crippen molar-refractivity contribution < 1.29 is 18.9 Å². The zero-order valence-electron chi connectivity index (χ0n) is 26.4. The Morgan fingerprint density at radius 2 is 1.91 bits per heavy atom. The number of allylic oxidation sites excluding steroid dienone is 1. The van der Waals surface area contributed by atoms with Gasteiger partial charge in [0.2, 0.25) is 0 Å². The molecule has 2 aromatic rings. The number of ether oxygens (including phenoxy) is 4. The van der Waals surface area contributed by atoms with E-state index in [0.717, 1.165) is 49.7 Å². The van der Waals surface area contributed by atoms with Gasteiger partial charge in [0, 0.05) is 24.7 Å². The molecule has 0 amide bonds. The Bertz CT molecular complexity index is 1490. The zero-order chi connectivity index (χ0) is 29.0. The Hall–Kier alpha value is -2.30. The van der Waals surface area contributed by atoms with Crippen LogP contribution in [0.5, 0.6) is 11.5 Å². The number of benzene rings is 2. The highest BCUT2D eigenvalue weighted by atomic mass is 16.6. The highest BCUT2D eigenvalue weighted by Crippen LogP contribution is 2.81. The molecule has 228 valence electrons. The van der Waals surface area contributed by atoms with Crippen LogP contribution >= 0.6 is 0 Å². The molecule has 7 unspecified atom stereocenters. The van der Waals surface area contributed by atoms with Crippen molar-refractivity contribution in [1.29, 1.82) is 0 Å². The predicted molar refractivity (Wildman–Crippen MR) is 169 cm³/mol. The molecule has 4 heteroatoms. The van der Waals surface area contributed by atoms with Crippen LogP contribution in [0.25, 0.3) is 6.08 Å². The molecular weight excluding hydrogens is 532 g/mol. The summed E-state index contributed by atoms with van der Waals surface area (Å²) in [6, 6.07) is 11.4. The summed E-state index contributed by atoms with van der Waals surface area (Å²) in [6.45, 7) is 4.14. The van der Waals surface area contributed by atoms with E-state index in [4.69, 9.17) is 18.9 Å². The van der Waals surface area contributed by atoms with Crippen molar-refractivity contribution in [3.8, 4) is 11.5 Å². The first kappa shape index (κ1) is 27.0. The lowest BCUT2D eigenvalue weighted by molar-refractivity contribution is -0.290. The van der Waals surface area contributed by atoms with Crippen LogP contribution in [0.3, 0.4) is 0 Å². The summed E-state index contributed by atoms with van der Waals surface area (Å²) >= 11 is 0. The van der Waals surface area contributed by atoms with Crippen LogP contribution in [-0.2, 0) is 34.3 Å². The predicted octanol–water partition coefficient (Wildman–Crippen LogP) is 8.22. The third-order valence-electron chi connectivity index (χ3n) is 14.0. The van der Waals surface area contributed by atoms with Gasteiger partial charge in [0.15, 0.2) is 11.5 Å². The van der Waals surface area contributed by atoms with E-state index in [-0.39, 0.29) is 22.5 Å². The normalized spacial score (nSPS) is 39.3. The summed E-state index contributed by atoms with van der Waals surface area (Å²) in [5.41, 5.74) is 7.61. The maximum Gasteiger partial charge on any atom is 0.165 e. The van der Waals surface area contributed by atoms with Gasteiger partial charge in [0.25, 0.3) is 0 Å². The van der Waals surface area contributed by atoms with E-state index >= 15 is 0 Å². The molecule has 5 saturated carbocycles. The molecule has 4 bridgehead atoms. The summed E-state index contributed by atoms with van der Waals surface area (Å²) < 4.78 is 26.4. The first-order valence-corrected chi connectivity index (χ1v) is 17.2. The van der Waals surface area contributed by atoms with Crippen molar-refractivity contribution in [3.63, 3.8) is 0 Å². The van der Waals surface area contributed by atoms with Crippen LogP contribution < -0.4 is 9.47 Å². The van der Waals surface area contributed by atoms with Gasteiger partial charge >= 0.3 is 0 Å². The van der Waals surface area contributed by atoms with Crippen molar-refractivity contribution in [3.05, 3.63) is 64.2 Å². The molecular formula is C39H48O4. The standard InChI is InChI=1S/C39H48O4/c1-36(22-25-8-9-25)15-17-38-33-29-12-13-31(40-2)34(33)43-35(38)39(41-3)18-16-37(38,32(36)21-29)23-30(39)14-19-42-24-26-10-11-27-6-4-5-7-28(27)20-26/h4,6,10-13,20,25,30,32,35H,5,7-9,14-19,21-24H2,1-3H3. The Morgan fingerprint density at radius 1 is 1.00 bits per heavy atom. The van der Waals surface area contributed by atoms with E-state index in [1.165, 1.54) is 79.2 Å².